The molecule has 124 valence electrons. The molecule has 3 aromatic rings. The van der Waals surface area contributed by atoms with E-state index in [1.165, 1.54) is 12.1 Å². The Balaban J connectivity index is 1.86. The van der Waals surface area contributed by atoms with Gasteiger partial charge in [0.1, 0.15) is 11.3 Å². The van der Waals surface area contributed by atoms with Crippen LogP contribution in [0.3, 0.4) is 0 Å². The van der Waals surface area contributed by atoms with Crippen molar-refractivity contribution in [2.24, 2.45) is 5.92 Å². The molecular formula is C19H19FN2O2. The Labute approximate surface area is 139 Å². The zero-order valence-corrected chi connectivity index (χ0v) is 13.7. The topological polar surface area (TPSA) is 55.1 Å². The summed E-state index contributed by atoms with van der Waals surface area (Å²) in [5.41, 5.74) is 2.67. The second-order valence-corrected chi connectivity index (χ2v) is 5.71. The van der Waals surface area contributed by atoms with Gasteiger partial charge in [0.05, 0.1) is 0 Å². The minimum atomic E-state index is -0.304. The molecular weight excluding hydrogens is 307 g/mol. The number of carbonyl (C=O) groups is 1. The smallest absolute Gasteiger partial charge is 0.227 e. The summed E-state index contributed by atoms with van der Waals surface area (Å²) in [6.45, 7) is 4.01. The molecule has 24 heavy (non-hydrogen) atoms. The number of anilines is 1. The number of hydrogen-bond donors (Lipinski definition) is 1. The van der Waals surface area contributed by atoms with Crippen molar-refractivity contribution in [1.82, 2.24) is 4.98 Å². The van der Waals surface area contributed by atoms with Gasteiger partial charge in [0.2, 0.25) is 11.8 Å². The van der Waals surface area contributed by atoms with E-state index < -0.39 is 0 Å². The van der Waals surface area contributed by atoms with Crippen LogP contribution in [0.15, 0.2) is 46.9 Å². The van der Waals surface area contributed by atoms with Crippen molar-refractivity contribution in [1.29, 1.82) is 0 Å². The van der Waals surface area contributed by atoms with Gasteiger partial charge >= 0.3 is 0 Å². The maximum absolute atomic E-state index is 13.0. The standard InChI is InChI=1S/C19H19FN2O2/c1-3-12(4-2)18(23)21-15-9-10-17-16(11-15)22-19(24-17)13-5-7-14(20)8-6-13/h5-12H,3-4H2,1-2H3,(H,21,23). The SMILES string of the molecule is CCC(CC)C(=O)Nc1ccc2oc(-c3ccc(F)cc3)nc2c1. The summed E-state index contributed by atoms with van der Waals surface area (Å²) >= 11 is 0. The third kappa shape index (κ3) is 3.30. The quantitative estimate of drug-likeness (QED) is 0.717. The molecule has 0 atom stereocenters. The summed E-state index contributed by atoms with van der Waals surface area (Å²) in [5, 5.41) is 2.92. The maximum atomic E-state index is 13.0. The van der Waals surface area contributed by atoms with E-state index in [0.29, 0.717) is 28.2 Å². The highest BCUT2D eigenvalue weighted by atomic mass is 19.1. The number of nitrogens with zero attached hydrogens (tertiary/aromatic N) is 1. The van der Waals surface area contributed by atoms with E-state index in [4.69, 9.17) is 4.42 Å². The molecule has 5 heteroatoms. The van der Waals surface area contributed by atoms with Crippen LogP contribution in [0.4, 0.5) is 10.1 Å². The molecule has 0 saturated carbocycles. The lowest BCUT2D eigenvalue weighted by Gasteiger charge is -2.12. The average molecular weight is 326 g/mol. The Hall–Kier alpha value is -2.69. The fourth-order valence-electron chi connectivity index (χ4n) is 2.62. The molecule has 4 nitrogen and oxygen atoms in total. The van der Waals surface area contributed by atoms with Gasteiger partial charge in [-0.05, 0) is 55.3 Å². The second kappa shape index (κ2) is 6.83. The summed E-state index contributed by atoms with van der Waals surface area (Å²) < 4.78 is 18.7. The van der Waals surface area contributed by atoms with Crippen molar-refractivity contribution < 1.29 is 13.6 Å². The molecule has 0 bridgehead atoms. The molecule has 0 radical (unpaired) electrons. The maximum Gasteiger partial charge on any atom is 0.227 e. The number of nitrogens with one attached hydrogen (secondary N) is 1. The third-order valence-corrected chi connectivity index (χ3v) is 4.10. The predicted octanol–water partition coefficient (Wildman–Crippen LogP) is 5.01. The summed E-state index contributed by atoms with van der Waals surface area (Å²) in [7, 11) is 0. The second-order valence-electron chi connectivity index (χ2n) is 5.71. The number of fused-ring (bicyclic) bond motifs is 1. The van der Waals surface area contributed by atoms with E-state index in [1.807, 2.05) is 13.8 Å². The Morgan fingerprint density at radius 3 is 2.54 bits per heavy atom. The Morgan fingerprint density at radius 1 is 1.17 bits per heavy atom. The normalized spacial score (nSPS) is 11.2. The van der Waals surface area contributed by atoms with Crippen LogP contribution in [0.2, 0.25) is 0 Å². The van der Waals surface area contributed by atoms with Crippen molar-refractivity contribution in [2.45, 2.75) is 26.7 Å². The van der Waals surface area contributed by atoms with E-state index in [-0.39, 0.29) is 17.6 Å². The third-order valence-electron chi connectivity index (χ3n) is 4.10. The van der Waals surface area contributed by atoms with E-state index in [2.05, 4.69) is 10.3 Å². The molecule has 3 rings (SSSR count). The van der Waals surface area contributed by atoms with Crippen LogP contribution < -0.4 is 5.32 Å². The van der Waals surface area contributed by atoms with E-state index in [9.17, 15) is 9.18 Å². The first-order chi connectivity index (χ1) is 11.6. The van der Waals surface area contributed by atoms with Gasteiger partial charge in [-0.25, -0.2) is 9.37 Å². The van der Waals surface area contributed by atoms with E-state index >= 15 is 0 Å². The highest BCUT2D eigenvalue weighted by Gasteiger charge is 2.15. The number of benzene rings is 2. The van der Waals surface area contributed by atoms with Gasteiger partial charge in [0.15, 0.2) is 5.58 Å². The van der Waals surface area contributed by atoms with Crippen LogP contribution in [0.25, 0.3) is 22.6 Å². The van der Waals surface area contributed by atoms with Gasteiger partial charge in [0.25, 0.3) is 0 Å². The first-order valence-corrected chi connectivity index (χ1v) is 8.08. The molecule has 1 aromatic heterocycles. The molecule has 0 aliphatic carbocycles. The van der Waals surface area contributed by atoms with Crippen molar-refractivity contribution in [2.75, 3.05) is 5.32 Å². The number of amides is 1. The predicted molar refractivity (Wildman–Crippen MR) is 92.1 cm³/mol. The Bertz CT molecular complexity index is 851. The lowest BCUT2D eigenvalue weighted by atomic mass is 10.0. The van der Waals surface area contributed by atoms with Crippen LogP contribution in [-0.4, -0.2) is 10.9 Å². The molecule has 0 spiro atoms. The summed E-state index contributed by atoms with van der Waals surface area (Å²) in [4.78, 5) is 16.6. The van der Waals surface area contributed by atoms with Gasteiger partial charge in [0, 0.05) is 17.2 Å². The molecule has 2 aromatic carbocycles. The number of oxazole rings is 1. The molecule has 1 N–H and O–H groups in total. The zero-order chi connectivity index (χ0) is 17.1. The Morgan fingerprint density at radius 2 is 1.88 bits per heavy atom. The number of hydrogen-bond acceptors (Lipinski definition) is 3. The molecule has 0 saturated heterocycles. The van der Waals surface area contributed by atoms with Gasteiger partial charge in [-0.1, -0.05) is 13.8 Å². The first-order valence-electron chi connectivity index (χ1n) is 8.08. The number of carbonyl (C=O) groups excluding carboxylic acids is 1. The van der Waals surface area contributed by atoms with Crippen molar-refractivity contribution in [3.8, 4) is 11.5 Å². The number of aromatic nitrogens is 1. The van der Waals surface area contributed by atoms with Crippen molar-refractivity contribution >= 4 is 22.7 Å². The van der Waals surface area contributed by atoms with E-state index in [0.717, 1.165) is 12.8 Å². The van der Waals surface area contributed by atoms with E-state index in [1.54, 1.807) is 30.3 Å². The summed E-state index contributed by atoms with van der Waals surface area (Å²) in [5.74, 6) is 0.143. The average Bonchev–Trinajstić information content (AvgIpc) is 3.00. The summed E-state index contributed by atoms with van der Waals surface area (Å²) in [6.07, 6.45) is 1.62. The minimum absolute atomic E-state index is 0.00721. The van der Waals surface area contributed by atoms with Crippen LogP contribution in [0, 0.1) is 11.7 Å². The van der Waals surface area contributed by atoms with Gasteiger partial charge in [-0.2, -0.15) is 0 Å². The monoisotopic (exact) mass is 326 g/mol. The summed E-state index contributed by atoms with van der Waals surface area (Å²) in [6, 6.07) is 11.3. The van der Waals surface area contributed by atoms with Crippen molar-refractivity contribution in [3.63, 3.8) is 0 Å². The van der Waals surface area contributed by atoms with Crippen LogP contribution >= 0.6 is 0 Å². The van der Waals surface area contributed by atoms with Gasteiger partial charge in [-0.3, -0.25) is 4.79 Å². The number of rotatable bonds is 5. The lowest BCUT2D eigenvalue weighted by molar-refractivity contribution is -0.120. The molecule has 1 heterocycles. The molecule has 0 aliphatic heterocycles. The van der Waals surface area contributed by atoms with Gasteiger partial charge < -0.3 is 9.73 Å². The minimum Gasteiger partial charge on any atom is -0.436 e. The highest BCUT2D eigenvalue weighted by molar-refractivity contribution is 5.94. The molecule has 1 amide bonds. The highest BCUT2D eigenvalue weighted by Crippen LogP contribution is 2.26. The largest absolute Gasteiger partial charge is 0.436 e. The van der Waals surface area contributed by atoms with Crippen LogP contribution in [0.1, 0.15) is 26.7 Å². The molecule has 0 aliphatic rings. The number of halogens is 1. The lowest BCUT2D eigenvalue weighted by Crippen LogP contribution is -2.21. The van der Waals surface area contributed by atoms with Crippen molar-refractivity contribution in [3.05, 3.63) is 48.3 Å². The fourth-order valence-corrected chi connectivity index (χ4v) is 2.62. The fraction of sp³-hybridized carbons (Fsp3) is 0.263. The molecule has 0 fully saturated rings. The van der Waals surface area contributed by atoms with Crippen LogP contribution in [-0.2, 0) is 4.79 Å². The molecule has 0 unspecified atom stereocenters. The zero-order valence-electron chi connectivity index (χ0n) is 13.7. The van der Waals surface area contributed by atoms with Gasteiger partial charge in [-0.15, -0.1) is 0 Å². The van der Waals surface area contributed by atoms with Crippen LogP contribution in [0.5, 0.6) is 0 Å². The first kappa shape index (κ1) is 16.2. The Kier molecular flexibility index (Phi) is 4.60.